The molecule has 2 aromatic carbocycles. The molecule has 12 nitrogen and oxygen atoms in total. The lowest BCUT2D eigenvalue weighted by Crippen LogP contribution is -2.43. The molecule has 1 fully saturated rings. The highest BCUT2D eigenvalue weighted by Gasteiger charge is 2.38. The highest BCUT2D eigenvalue weighted by atomic mass is 32.2. The van der Waals surface area contributed by atoms with E-state index < -0.39 is 22.2 Å². The Morgan fingerprint density at radius 2 is 1.54 bits per heavy atom. The van der Waals surface area contributed by atoms with Gasteiger partial charge in [0.2, 0.25) is 16.0 Å². The Hall–Kier alpha value is -4.87. The van der Waals surface area contributed by atoms with Crippen LogP contribution in [-0.4, -0.2) is 64.1 Å². The van der Waals surface area contributed by atoms with Crippen LogP contribution >= 0.6 is 0 Å². The van der Waals surface area contributed by atoms with E-state index in [4.69, 9.17) is 15.6 Å². The molecule has 48 heavy (non-hydrogen) atoms. The van der Waals surface area contributed by atoms with Gasteiger partial charge in [0.25, 0.3) is 0 Å². The quantitative estimate of drug-likeness (QED) is 0.134. The molecule has 2 aromatic heterocycles. The van der Waals surface area contributed by atoms with E-state index in [2.05, 4.69) is 30.9 Å². The zero-order chi connectivity index (χ0) is 34.9. The van der Waals surface area contributed by atoms with Crippen LogP contribution in [0.5, 0.6) is 0 Å². The molecule has 0 saturated heterocycles. The van der Waals surface area contributed by atoms with Crippen molar-refractivity contribution in [2.75, 3.05) is 23.4 Å². The van der Waals surface area contributed by atoms with Crippen molar-refractivity contribution in [1.29, 1.82) is 0 Å². The van der Waals surface area contributed by atoms with E-state index in [-0.39, 0.29) is 16.8 Å². The van der Waals surface area contributed by atoms with Gasteiger partial charge in [-0.05, 0) is 86.3 Å². The first-order chi connectivity index (χ1) is 22.7. The standard InChI is InChI=1S/C29H33FN8O2S.C2HF3O2/c1-38(25-12-8-22(9-13-25)34-19-20-3-2-17-32-28(20)31)41(39,40)26-14-10-24(11-15-26)36-29-33-18-16-27(37-29)35-23-6-4-21(30)5-7-23;3-2(4,5)1(6)7/h2-7,10-11,14-18,22,25,34H,8-9,12-13,19H2,1H3,(H2,31,32)(H2,33,35,36,37);(H,6,7). The van der Waals surface area contributed by atoms with Crippen molar-refractivity contribution >= 4 is 45.0 Å². The topological polar surface area (TPSA) is 175 Å². The van der Waals surface area contributed by atoms with E-state index in [0.717, 1.165) is 31.2 Å². The smallest absolute Gasteiger partial charge is 0.475 e. The summed E-state index contributed by atoms with van der Waals surface area (Å²) in [6, 6.07) is 18.3. The van der Waals surface area contributed by atoms with E-state index in [1.54, 1.807) is 61.9 Å². The van der Waals surface area contributed by atoms with E-state index in [9.17, 15) is 26.0 Å². The number of hydrogen-bond donors (Lipinski definition) is 5. The van der Waals surface area contributed by atoms with Gasteiger partial charge in [0.15, 0.2) is 0 Å². The Morgan fingerprint density at radius 1 is 0.938 bits per heavy atom. The lowest BCUT2D eigenvalue weighted by atomic mass is 9.91. The summed E-state index contributed by atoms with van der Waals surface area (Å²) in [5.41, 5.74) is 8.24. The number of hydrogen-bond acceptors (Lipinski definition) is 10. The van der Waals surface area contributed by atoms with Crippen LogP contribution in [0, 0.1) is 5.82 Å². The first kappa shape index (κ1) is 36.0. The van der Waals surface area contributed by atoms with Crippen LogP contribution < -0.4 is 21.7 Å². The third-order valence-corrected chi connectivity index (χ3v) is 9.44. The van der Waals surface area contributed by atoms with Crippen molar-refractivity contribution in [1.82, 2.24) is 24.6 Å². The summed E-state index contributed by atoms with van der Waals surface area (Å²) in [7, 11) is -2.00. The molecule has 0 spiro atoms. The van der Waals surface area contributed by atoms with Gasteiger partial charge in [-0.3, -0.25) is 0 Å². The Balaban J connectivity index is 0.000000671. The minimum atomic E-state index is -5.08. The van der Waals surface area contributed by atoms with Crippen LogP contribution in [0.4, 0.5) is 46.5 Å². The summed E-state index contributed by atoms with van der Waals surface area (Å²) in [6.07, 6.45) is 1.48. The largest absolute Gasteiger partial charge is 0.490 e. The van der Waals surface area contributed by atoms with Gasteiger partial charge in [0.1, 0.15) is 17.5 Å². The number of nitrogens with one attached hydrogen (secondary N) is 3. The van der Waals surface area contributed by atoms with E-state index in [1.807, 2.05) is 12.1 Å². The molecule has 256 valence electrons. The van der Waals surface area contributed by atoms with Crippen LogP contribution in [0.2, 0.25) is 0 Å². The number of nitrogens with zero attached hydrogens (tertiary/aromatic N) is 4. The van der Waals surface area contributed by atoms with Gasteiger partial charge < -0.3 is 26.8 Å². The Morgan fingerprint density at radius 3 is 2.15 bits per heavy atom. The molecule has 1 aliphatic carbocycles. The highest BCUT2D eigenvalue weighted by Crippen LogP contribution is 2.28. The molecule has 0 unspecified atom stereocenters. The van der Waals surface area contributed by atoms with Crippen molar-refractivity contribution in [3.05, 3.63) is 90.5 Å². The molecule has 1 aliphatic rings. The molecular weight excluding hydrogens is 656 g/mol. The van der Waals surface area contributed by atoms with E-state index >= 15 is 0 Å². The summed E-state index contributed by atoms with van der Waals surface area (Å²) < 4.78 is 73.2. The Kier molecular flexibility index (Phi) is 11.9. The zero-order valence-electron chi connectivity index (χ0n) is 25.7. The van der Waals surface area contributed by atoms with Gasteiger partial charge in [0.05, 0.1) is 4.90 Å². The third kappa shape index (κ3) is 10.1. The second-order valence-corrected chi connectivity index (χ2v) is 12.8. The number of carboxylic acid groups (broad SMARTS) is 1. The number of rotatable bonds is 10. The number of halogens is 4. The second kappa shape index (κ2) is 15.8. The van der Waals surface area contributed by atoms with Crippen molar-refractivity contribution < 1.29 is 35.9 Å². The molecule has 0 radical (unpaired) electrons. The maximum atomic E-state index is 13.4. The number of sulfonamides is 1. The minimum absolute atomic E-state index is 0.0657. The SMILES string of the molecule is CN(C1CCC(NCc2cccnc2N)CC1)S(=O)(=O)c1ccc(Nc2nccc(Nc3ccc(F)cc3)n2)cc1.O=C(O)C(F)(F)F. The summed E-state index contributed by atoms with van der Waals surface area (Å²) in [6.45, 7) is 0.642. The molecule has 5 rings (SSSR count). The number of carbonyl (C=O) groups is 1. The molecule has 6 N–H and O–H groups in total. The molecule has 1 saturated carbocycles. The fraction of sp³-hybridized carbons (Fsp3) is 0.290. The van der Waals surface area contributed by atoms with Crippen molar-refractivity contribution in [3.63, 3.8) is 0 Å². The molecule has 0 amide bonds. The third-order valence-electron chi connectivity index (χ3n) is 7.52. The van der Waals surface area contributed by atoms with E-state index in [0.29, 0.717) is 41.5 Å². The number of pyridine rings is 1. The van der Waals surface area contributed by atoms with Gasteiger partial charge in [-0.15, -0.1) is 0 Å². The van der Waals surface area contributed by atoms with Crippen LogP contribution in [0.25, 0.3) is 0 Å². The number of aliphatic carboxylic acids is 1. The second-order valence-electron chi connectivity index (χ2n) is 10.8. The number of carboxylic acids is 1. The van der Waals surface area contributed by atoms with Gasteiger partial charge in [-0.1, -0.05) is 6.07 Å². The van der Waals surface area contributed by atoms with Crippen molar-refractivity contribution in [2.24, 2.45) is 0 Å². The highest BCUT2D eigenvalue weighted by molar-refractivity contribution is 7.89. The first-order valence-corrected chi connectivity index (χ1v) is 16.1. The van der Waals surface area contributed by atoms with Crippen LogP contribution in [0.15, 0.2) is 84.0 Å². The predicted molar refractivity (Wildman–Crippen MR) is 172 cm³/mol. The first-order valence-electron chi connectivity index (χ1n) is 14.7. The van der Waals surface area contributed by atoms with Crippen LogP contribution in [-0.2, 0) is 21.4 Å². The van der Waals surface area contributed by atoms with Crippen molar-refractivity contribution in [2.45, 2.75) is 55.4 Å². The maximum Gasteiger partial charge on any atom is 0.490 e. The number of alkyl halides is 3. The Labute approximate surface area is 274 Å². The van der Waals surface area contributed by atoms with Crippen molar-refractivity contribution in [3.8, 4) is 0 Å². The fourth-order valence-electron chi connectivity index (χ4n) is 4.87. The number of benzene rings is 2. The summed E-state index contributed by atoms with van der Waals surface area (Å²) in [5.74, 6) is -1.68. The maximum absolute atomic E-state index is 13.4. The molecule has 0 bridgehead atoms. The van der Waals surface area contributed by atoms with Gasteiger partial charge in [-0.25, -0.2) is 27.6 Å². The minimum Gasteiger partial charge on any atom is -0.475 e. The average molecular weight is 691 g/mol. The molecule has 17 heteroatoms. The number of nitrogen functional groups attached to an aromatic ring is 1. The lowest BCUT2D eigenvalue weighted by Gasteiger charge is -2.34. The number of anilines is 5. The Bertz CT molecular complexity index is 1770. The number of aromatic nitrogens is 3. The average Bonchev–Trinajstić information content (AvgIpc) is 3.06. The molecule has 0 aliphatic heterocycles. The van der Waals surface area contributed by atoms with Crippen LogP contribution in [0.1, 0.15) is 31.2 Å². The monoisotopic (exact) mass is 690 g/mol. The predicted octanol–water partition coefficient (Wildman–Crippen LogP) is 5.43. The van der Waals surface area contributed by atoms with Gasteiger partial charge in [-0.2, -0.15) is 22.5 Å². The molecule has 4 aromatic rings. The summed E-state index contributed by atoms with van der Waals surface area (Å²) in [5, 5.41) is 16.8. The molecule has 2 heterocycles. The van der Waals surface area contributed by atoms with E-state index in [1.165, 1.54) is 16.4 Å². The van der Waals surface area contributed by atoms with Gasteiger partial charge >= 0.3 is 12.1 Å². The molecule has 0 atom stereocenters. The summed E-state index contributed by atoms with van der Waals surface area (Å²) >= 11 is 0. The van der Waals surface area contributed by atoms with Crippen LogP contribution in [0.3, 0.4) is 0 Å². The normalized spacial score (nSPS) is 16.5. The fourth-order valence-corrected chi connectivity index (χ4v) is 6.29. The number of nitrogens with two attached hydrogens (primary N) is 1. The zero-order valence-corrected chi connectivity index (χ0v) is 26.5. The van der Waals surface area contributed by atoms with Gasteiger partial charge in [0, 0.05) is 55.0 Å². The lowest BCUT2D eigenvalue weighted by molar-refractivity contribution is -0.192. The summed E-state index contributed by atoms with van der Waals surface area (Å²) in [4.78, 5) is 21.9. The molecular formula is C31H34F4N8O4S.